The third-order valence-electron chi connectivity index (χ3n) is 5.25. The Labute approximate surface area is 135 Å². The maximum atomic E-state index is 12.0. The van der Waals surface area contributed by atoms with Gasteiger partial charge in [0.2, 0.25) is 11.9 Å². The number of piperidine rings is 1. The Bertz CT molecular complexity index is 632. The number of aromatic nitrogens is 2. The molecule has 1 aromatic heterocycles. The Morgan fingerprint density at radius 2 is 1.83 bits per heavy atom. The molecule has 0 aromatic carbocycles. The van der Waals surface area contributed by atoms with E-state index in [1.807, 2.05) is 19.9 Å². The van der Waals surface area contributed by atoms with E-state index >= 15 is 0 Å². The van der Waals surface area contributed by atoms with E-state index in [0.717, 1.165) is 11.4 Å². The van der Waals surface area contributed by atoms with Gasteiger partial charge in [-0.2, -0.15) is 0 Å². The second kappa shape index (κ2) is 5.47. The minimum Gasteiger partial charge on any atom is -0.481 e. The first kappa shape index (κ1) is 15.7. The van der Waals surface area contributed by atoms with Crippen LogP contribution in [0, 0.1) is 19.8 Å². The number of nitrogens with zero attached hydrogens (tertiary/aromatic N) is 4. The van der Waals surface area contributed by atoms with Gasteiger partial charge in [-0.3, -0.25) is 9.59 Å². The zero-order chi connectivity index (χ0) is 16.8. The molecular formula is C16H22N4O3. The van der Waals surface area contributed by atoms with E-state index < -0.39 is 17.4 Å². The molecule has 1 N–H and O–H groups in total. The van der Waals surface area contributed by atoms with Crippen LogP contribution in [0.3, 0.4) is 0 Å². The first-order chi connectivity index (χ1) is 10.8. The van der Waals surface area contributed by atoms with Gasteiger partial charge in [0.1, 0.15) is 0 Å². The van der Waals surface area contributed by atoms with Crippen LogP contribution >= 0.6 is 0 Å². The van der Waals surface area contributed by atoms with E-state index in [-0.39, 0.29) is 12.3 Å². The highest BCUT2D eigenvalue weighted by molar-refractivity contribution is 5.88. The first-order valence-electron chi connectivity index (χ1n) is 7.90. The Kier molecular flexibility index (Phi) is 3.74. The molecule has 1 unspecified atom stereocenters. The summed E-state index contributed by atoms with van der Waals surface area (Å²) >= 11 is 0. The van der Waals surface area contributed by atoms with Gasteiger partial charge >= 0.3 is 5.97 Å². The number of hydrogen-bond acceptors (Lipinski definition) is 5. The van der Waals surface area contributed by atoms with Crippen LogP contribution in [-0.4, -0.2) is 57.5 Å². The SMILES string of the molecule is Cc1cc(C)nc(N2CCC3(CC2)C(C(=O)O)CC(=O)N3C)n1. The zero-order valence-corrected chi connectivity index (χ0v) is 13.7. The fourth-order valence-electron chi connectivity index (χ4n) is 3.93. The maximum absolute atomic E-state index is 12.0. The van der Waals surface area contributed by atoms with Crippen LogP contribution in [0.1, 0.15) is 30.7 Å². The monoisotopic (exact) mass is 318 g/mol. The summed E-state index contributed by atoms with van der Waals surface area (Å²) in [6.45, 7) is 5.19. The molecular weight excluding hydrogens is 296 g/mol. The number of anilines is 1. The van der Waals surface area contributed by atoms with Crippen molar-refractivity contribution in [1.82, 2.24) is 14.9 Å². The van der Waals surface area contributed by atoms with Crippen LogP contribution in [0.4, 0.5) is 5.95 Å². The van der Waals surface area contributed by atoms with E-state index in [0.29, 0.717) is 31.9 Å². The van der Waals surface area contributed by atoms with E-state index in [9.17, 15) is 14.7 Å². The van der Waals surface area contributed by atoms with Crippen LogP contribution in [0.5, 0.6) is 0 Å². The Morgan fingerprint density at radius 1 is 1.26 bits per heavy atom. The van der Waals surface area contributed by atoms with Crippen molar-refractivity contribution in [1.29, 1.82) is 0 Å². The summed E-state index contributed by atoms with van der Waals surface area (Å²) in [5.41, 5.74) is 1.27. The van der Waals surface area contributed by atoms with Crippen LogP contribution < -0.4 is 4.90 Å². The third kappa shape index (κ3) is 2.54. The molecule has 7 nitrogen and oxygen atoms in total. The number of carbonyl (C=O) groups is 2. The predicted molar refractivity (Wildman–Crippen MR) is 84.2 cm³/mol. The lowest BCUT2D eigenvalue weighted by Crippen LogP contribution is -2.56. The molecule has 124 valence electrons. The van der Waals surface area contributed by atoms with Gasteiger partial charge in [-0.25, -0.2) is 9.97 Å². The molecule has 2 aliphatic rings. The molecule has 1 atom stereocenters. The van der Waals surface area contributed by atoms with Crippen molar-refractivity contribution < 1.29 is 14.7 Å². The largest absolute Gasteiger partial charge is 0.481 e. The molecule has 2 aliphatic heterocycles. The second-order valence-electron chi connectivity index (χ2n) is 6.59. The van der Waals surface area contributed by atoms with Crippen LogP contribution in [0.25, 0.3) is 0 Å². The van der Waals surface area contributed by atoms with E-state index in [2.05, 4.69) is 14.9 Å². The van der Waals surface area contributed by atoms with Gasteiger partial charge < -0.3 is 14.9 Å². The topological polar surface area (TPSA) is 86.6 Å². The lowest BCUT2D eigenvalue weighted by Gasteiger charge is -2.45. The van der Waals surface area contributed by atoms with Crippen LogP contribution in [0.2, 0.25) is 0 Å². The van der Waals surface area contributed by atoms with Crippen LogP contribution in [-0.2, 0) is 9.59 Å². The number of aryl methyl sites for hydroxylation is 2. The molecule has 1 aromatic rings. The van der Waals surface area contributed by atoms with E-state index in [1.165, 1.54) is 0 Å². The standard InChI is InChI=1S/C16H22N4O3/c1-10-8-11(2)18-15(17-10)20-6-4-16(5-7-20)12(14(22)23)9-13(21)19(16)3/h8,12H,4-7,9H2,1-3H3,(H,22,23). The molecule has 3 rings (SSSR count). The molecule has 0 saturated carbocycles. The quantitative estimate of drug-likeness (QED) is 0.875. The van der Waals surface area contributed by atoms with Gasteiger partial charge in [0.25, 0.3) is 0 Å². The van der Waals surface area contributed by atoms with Crippen molar-refractivity contribution in [3.63, 3.8) is 0 Å². The summed E-state index contributed by atoms with van der Waals surface area (Å²) in [5, 5.41) is 9.50. The summed E-state index contributed by atoms with van der Waals surface area (Å²) in [4.78, 5) is 36.3. The number of carboxylic acids is 1. The second-order valence-corrected chi connectivity index (χ2v) is 6.59. The molecule has 2 saturated heterocycles. The van der Waals surface area contributed by atoms with E-state index in [4.69, 9.17) is 0 Å². The fourth-order valence-corrected chi connectivity index (χ4v) is 3.93. The Morgan fingerprint density at radius 3 is 2.35 bits per heavy atom. The van der Waals surface area contributed by atoms with Crippen molar-refractivity contribution in [2.24, 2.45) is 5.92 Å². The zero-order valence-electron chi connectivity index (χ0n) is 13.7. The molecule has 1 spiro atoms. The summed E-state index contributed by atoms with van der Waals surface area (Å²) < 4.78 is 0. The van der Waals surface area contributed by atoms with Crippen molar-refractivity contribution in [2.45, 2.75) is 38.6 Å². The van der Waals surface area contributed by atoms with Crippen molar-refractivity contribution >= 4 is 17.8 Å². The molecule has 0 bridgehead atoms. The predicted octanol–water partition coefficient (Wildman–Crippen LogP) is 0.995. The highest BCUT2D eigenvalue weighted by Gasteiger charge is 2.55. The summed E-state index contributed by atoms with van der Waals surface area (Å²) in [6.07, 6.45) is 1.36. The smallest absolute Gasteiger partial charge is 0.309 e. The molecule has 2 fully saturated rings. The van der Waals surface area contributed by atoms with Crippen molar-refractivity contribution in [3.8, 4) is 0 Å². The molecule has 0 radical (unpaired) electrons. The highest BCUT2D eigenvalue weighted by atomic mass is 16.4. The Balaban J connectivity index is 1.82. The lowest BCUT2D eigenvalue weighted by atomic mass is 9.77. The molecule has 23 heavy (non-hydrogen) atoms. The number of amides is 1. The normalized spacial score (nSPS) is 23.6. The first-order valence-corrected chi connectivity index (χ1v) is 7.90. The minimum atomic E-state index is -0.876. The number of carboxylic acid groups (broad SMARTS) is 1. The number of hydrogen-bond donors (Lipinski definition) is 1. The van der Waals surface area contributed by atoms with Crippen molar-refractivity contribution in [2.75, 3.05) is 25.0 Å². The number of aliphatic carboxylic acids is 1. The average molecular weight is 318 g/mol. The molecule has 0 aliphatic carbocycles. The van der Waals surface area contributed by atoms with E-state index in [1.54, 1.807) is 11.9 Å². The molecule has 1 amide bonds. The summed E-state index contributed by atoms with van der Waals surface area (Å²) in [7, 11) is 1.73. The number of rotatable bonds is 2. The van der Waals surface area contributed by atoms with Crippen LogP contribution in [0.15, 0.2) is 6.07 Å². The van der Waals surface area contributed by atoms with Gasteiger partial charge in [0, 0.05) is 37.9 Å². The highest BCUT2D eigenvalue weighted by Crippen LogP contribution is 2.43. The fraction of sp³-hybridized carbons (Fsp3) is 0.625. The maximum Gasteiger partial charge on any atom is 0.309 e. The van der Waals surface area contributed by atoms with Gasteiger partial charge in [0.05, 0.1) is 11.5 Å². The lowest BCUT2D eigenvalue weighted by molar-refractivity contribution is -0.145. The van der Waals surface area contributed by atoms with Gasteiger partial charge in [-0.1, -0.05) is 0 Å². The van der Waals surface area contributed by atoms with Crippen molar-refractivity contribution in [3.05, 3.63) is 17.5 Å². The van der Waals surface area contributed by atoms with Gasteiger partial charge in [-0.15, -0.1) is 0 Å². The van der Waals surface area contributed by atoms with Gasteiger partial charge in [-0.05, 0) is 32.8 Å². The average Bonchev–Trinajstić information content (AvgIpc) is 2.73. The molecule has 7 heteroatoms. The summed E-state index contributed by atoms with van der Waals surface area (Å²) in [6, 6.07) is 1.93. The van der Waals surface area contributed by atoms with Gasteiger partial charge in [0.15, 0.2) is 0 Å². The minimum absolute atomic E-state index is 0.0755. The third-order valence-corrected chi connectivity index (χ3v) is 5.25. The number of carbonyl (C=O) groups excluding carboxylic acids is 1. The number of likely N-dealkylation sites (tertiary alicyclic amines) is 1. The summed E-state index contributed by atoms with van der Waals surface area (Å²) in [5.74, 6) is -0.884. The Hall–Kier alpha value is -2.18. The molecule has 3 heterocycles.